The normalized spacial score (nSPS) is 11.4. The summed E-state index contributed by atoms with van der Waals surface area (Å²) in [6, 6.07) is 10.9. The molecule has 6 heteroatoms. The molecule has 0 aliphatic carbocycles. The van der Waals surface area contributed by atoms with E-state index in [1.807, 2.05) is 0 Å². The monoisotopic (exact) mass is 324 g/mol. The summed E-state index contributed by atoms with van der Waals surface area (Å²) in [4.78, 5) is 0. The fraction of sp³-hybridized carbons (Fsp3) is 0. The van der Waals surface area contributed by atoms with Crippen molar-refractivity contribution < 1.29 is 14.3 Å². The highest BCUT2D eigenvalue weighted by Gasteiger charge is 2.09. The zero-order valence-corrected chi connectivity index (χ0v) is 11.3. The lowest BCUT2D eigenvalue weighted by Crippen LogP contribution is -2.14. The predicted molar refractivity (Wildman–Crippen MR) is 73.1 cm³/mol. The molecule has 0 radical (unpaired) electrons. The first kappa shape index (κ1) is 13.4. The Kier molecular flexibility index (Phi) is 4.01. The molecule has 0 fully saturated rings. The standard InChI is InChI=1S/C13H10BrFN2O2/c14-8-5-9(15)7-10(6-8)19-12-4-2-1-3-11(12)13(16)17-18/h1-7,18H,(H2,16,17). The third-order valence-electron chi connectivity index (χ3n) is 2.33. The van der Waals surface area contributed by atoms with Gasteiger partial charge in [0.1, 0.15) is 17.3 Å². The first-order valence-electron chi connectivity index (χ1n) is 5.31. The van der Waals surface area contributed by atoms with Crippen LogP contribution in [-0.4, -0.2) is 11.0 Å². The SMILES string of the molecule is N/C(=N/O)c1ccccc1Oc1cc(F)cc(Br)c1. The van der Waals surface area contributed by atoms with Gasteiger partial charge in [0.15, 0.2) is 5.84 Å². The van der Waals surface area contributed by atoms with Crippen LogP contribution < -0.4 is 10.5 Å². The van der Waals surface area contributed by atoms with Gasteiger partial charge in [0.2, 0.25) is 0 Å². The summed E-state index contributed by atoms with van der Waals surface area (Å²) in [5.41, 5.74) is 5.97. The molecule has 2 aromatic rings. The first-order chi connectivity index (χ1) is 9.10. The van der Waals surface area contributed by atoms with E-state index in [2.05, 4.69) is 21.1 Å². The second-order valence-corrected chi connectivity index (χ2v) is 4.60. The van der Waals surface area contributed by atoms with Gasteiger partial charge in [-0.1, -0.05) is 33.2 Å². The maximum absolute atomic E-state index is 13.3. The maximum atomic E-state index is 13.3. The van der Waals surface area contributed by atoms with Gasteiger partial charge in [-0.05, 0) is 24.3 Å². The second kappa shape index (κ2) is 5.71. The van der Waals surface area contributed by atoms with E-state index in [1.54, 1.807) is 30.3 Å². The van der Waals surface area contributed by atoms with E-state index in [9.17, 15) is 4.39 Å². The number of benzene rings is 2. The van der Waals surface area contributed by atoms with E-state index in [0.29, 0.717) is 21.5 Å². The number of amidine groups is 1. The maximum Gasteiger partial charge on any atom is 0.173 e. The Hall–Kier alpha value is -2.08. The molecule has 0 saturated carbocycles. The summed E-state index contributed by atoms with van der Waals surface area (Å²) < 4.78 is 19.4. The van der Waals surface area contributed by atoms with E-state index in [4.69, 9.17) is 15.7 Å². The van der Waals surface area contributed by atoms with Gasteiger partial charge in [0, 0.05) is 10.5 Å². The fourth-order valence-electron chi connectivity index (χ4n) is 1.54. The van der Waals surface area contributed by atoms with Gasteiger partial charge < -0.3 is 15.7 Å². The van der Waals surface area contributed by atoms with Crippen LogP contribution in [0.1, 0.15) is 5.56 Å². The second-order valence-electron chi connectivity index (χ2n) is 3.69. The van der Waals surface area contributed by atoms with Gasteiger partial charge >= 0.3 is 0 Å². The summed E-state index contributed by atoms with van der Waals surface area (Å²) >= 11 is 3.18. The van der Waals surface area contributed by atoms with E-state index < -0.39 is 5.82 Å². The third kappa shape index (κ3) is 3.23. The lowest BCUT2D eigenvalue weighted by atomic mass is 10.2. The molecule has 3 N–H and O–H groups in total. The van der Waals surface area contributed by atoms with Crippen LogP contribution in [0, 0.1) is 5.82 Å². The number of ether oxygens (including phenoxy) is 1. The van der Waals surface area contributed by atoms with Crippen molar-refractivity contribution in [1.29, 1.82) is 0 Å². The van der Waals surface area contributed by atoms with Crippen LogP contribution in [-0.2, 0) is 0 Å². The Morgan fingerprint density at radius 3 is 2.68 bits per heavy atom. The summed E-state index contributed by atoms with van der Waals surface area (Å²) in [7, 11) is 0. The molecule has 0 amide bonds. The number of oxime groups is 1. The van der Waals surface area contributed by atoms with Gasteiger partial charge in [-0.25, -0.2) is 4.39 Å². The van der Waals surface area contributed by atoms with Crippen molar-refractivity contribution in [3.05, 3.63) is 58.3 Å². The predicted octanol–water partition coefficient (Wildman–Crippen LogP) is 3.48. The van der Waals surface area contributed by atoms with Gasteiger partial charge in [0.05, 0.1) is 5.56 Å². The number of hydrogen-bond donors (Lipinski definition) is 2. The highest BCUT2D eigenvalue weighted by atomic mass is 79.9. The Morgan fingerprint density at radius 2 is 2.00 bits per heavy atom. The molecular weight excluding hydrogens is 315 g/mol. The molecule has 0 aliphatic heterocycles. The highest BCUT2D eigenvalue weighted by Crippen LogP contribution is 2.28. The van der Waals surface area contributed by atoms with Gasteiger partial charge in [-0.15, -0.1) is 0 Å². The largest absolute Gasteiger partial charge is 0.456 e. The number of para-hydroxylation sites is 1. The molecular formula is C13H10BrFN2O2. The molecule has 0 aliphatic rings. The molecule has 0 spiro atoms. The van der Waals surface area contributed by atoms with Gasteiger partial charge in [-0.2, -0.15) is 0 Å². The number of nitrogens with two attached hydrogens (primary N) is 1. The lowest BCUT2D eigenvalue weighted by Gasteiger charge is -2.10. The molecule has 0 unspecified atom stereocenters. The molecule has 2 aromatic carbocycles. The number of hydrogen-bond acceptors (Lipinski definition) is 3. The topological polar surface area (TPSA) is 67.8 Å². The Morgan fingerprint density at radius 1 is 1.26 bits per heavy atom. The van der Waals surface area contributed by atoms with E-state index >= 15 is 0 Å². The summed E-state index contributed by atoms with van der Waals surface area (Å²) in [6.07, 6.45) is 0. The van der Waals surface area contributed by atoms with Crippen LogP contribution in [0.25, 0.3) is 0 Å². The quantitative estimate of drug-likeness (QED) is 0.393. The van der Waals surface area contributed by atoms with E-state index in [1.165, 1.54) is 12.1 Å². The van der Waals surface area contributed by atoms with Crippen molar-refractivity contribution in [3.8, 4) is 11.5 Å². The number of rotatable bonds is 3. The molecule has 0 saturated heterocycles. The van der Waals surface area contributed by atoms with Gasteiger partial charge in [0.25, 0.3) is 0 Å². The zero-order valence-electron chi connectivity index (χ0n) is 9.68. The van der Waals surface area contributed by atoms with Crippen molar-refractivity contribution in [2.45, 2.75) is 0 Å². The average molecular weight is 325 g/mol. The Balaban J connectivity index is 2.38. The highest BCUT2D eigenvalue weighted by molar-refractivity contribution is 9.10. The minimum atomic E-state index is -0.425. The van der Waals surface area contributed by atoms with Gasteiger partial charge in [-0.3, -0.25) is 0 Å². The fourth-order valence-corrected chi connectivity index (χ4v) is 1.98. The van der Waals surface area contributed by atoms with Crippen LogP contribution in [0.3, 0.4) is 0 Å². The minimum Gasteiger partial charge on any atom is -0.456 e. The van der Waals surface area contributed by atoms with Crippen LogP contribution in [0.4, 0.5) is 4.39 Å². The van der Waals surface area contributed by atoms with Crippen LogP contribution >= 0.6 is 15.9 Å². The van der Waals surface area contributed by atoms with Crippen molar-refractivity contribution in [2.24, 2.45) is 10.9 Å². The minimum absolute atomic E-state index is 0.0777. The summed E-state index contributed by atoms with van der Waals surface area (Å²) in [5.74, 6) is 0.178. The van der Waals surface area contributed by atoms with E-state index in [0.717, 1.165) is 0 Å². The van der Waals surface area contributed by atoms with Crippen LogP contribution in [0.2, 0.25) is 0 Å². The van der Waals surface area contributed by atoms with Crippen molar-refractivity contribution >= 4 is 21.8 Å². The Bertz CT molecular complexity index is 612. The lowest BCUT2D eigenvalue weighted by molar-refractivity contribution is 0.318. The van der Waals surface area contributed by atoms with Crippen molar-refractivity contribution in [3.63, 3.8) is 0 Å². The average Bonchev–Trinajstić information content (AvgIpc) is 2.37. The molecule has 2 rings (SSSR count). The molecule has 4 nitrogen and oxygen atoms in total. The summed E-state index contributed by atoms with van der Waals surface area (Å²) in [6.45, 7) is 0. The molecule has 0 aromatic heterocycles. The molecule has 98 valence electrons. The van der Waals surface area contributed by atoms with Crippen molar-refractivity contribution in [1.82, 2.24) is 0 Å². The molecule has 19 heavy (non-hydrogen) atoms. The smallest absolute Gasteiger partial charge is 0.173 e. The first-order valence-corrected chi connectivity index (χ1v) is 6.10. The van der Waals surface area contributed by atoms with Crippen LogP contribution in [0.15, 0.2) is 52.1 Å². The molecule has 0 bridgehead atoms. The third-order valence-corrected chi connectivity index (χ3v) is 2.79. The van der Waals surface area contributed by atoms with E-state index in [-0.39, 0.29) is 5.84 Å². The summed E-state index contributed by atoms with van der Waals surface area (Å²) in [5, 5.41) is 11.6. The number of nitrogens with zero attached hydrogens (tertiary/aromatic N) is 1. The zero-order chi connectivity index (χ0) is 13.8. The Labute approximate surface area is 117 Å². The van der Waals surface area contributed by atoms with Crippen LogP contribution in [0.5, 0.6) is 11.5 Å². The molecule has 0 heterocycles. The molecule has 0 atom stereocenters. The van der Waals surface area contributed by atoms with Crippen molar-refractivity contribution in [2.75, 3.05) is 0 Å². The number of halogens is 2.